The lowest BCUT2D eigenvalue weighted by Gasteiger charge is -2.24. The number of rotatable bonds is 7. The molecule has 2 N–H and O–H groups in total. The van der Waals surface area contributed by atoms with Crippen LogP contribution in [0.25, 0.3) is 0 Å². The molecule has 0 radical (unpaired) electrons. The first-order valence-electron chi connectivity index (χ1n) is 6.60. The average molecular weight is 254 g/mol. The van der Waals surface area contributed by atoms with Crippen molar-refractivity contribution in [2.45, 2.75) is 59.5 Å². The van der Waals surface area contributed by atoms with Gasteiger partial charge in [-0.05, 0) is 25.7 Å². The number of carbonyl (C=O) groups excluding carboxylic acids is 2. The maximum Gasteiger partial charge on any atom is 0.246 e. The van der Waals surface area contributed by atoms with E-state index in [9.17, 15) is 9.59 Å². The third-order valence-corrected chi connectivity index (χ3v) is 2.96. The molecule has 0 spiro atoms. The highest BCUT2D eigenvalue weighted by molar-refractivity contribution is 5.96. The Morgan fingerprint density at radius 2 is 1.61 bits per heavy atom. The molecule has 0 heterocycles. The van der Waals surface area contributed by atoms with Crippen LogP contribution in [0.1, 0.15) is 47.5 Å². The number of nitrogens with one attached hydrogen (secondary N) is 2. The van der Waals surface area contributed by atoms with Crippen molar-refractivity contribution < 1.29 is 9.59 Å². The SMILES string of the molecule is C=C(C)C(=O)N[C@H](C(=O)NC(CC)CC)C(C)C. The first-order valence-corrected chi connectivity index (χ1v) is 6.60. The number of hydrogen-bond donors (Lipinski definition) is 2. The van der Waals surface area contributed by atoms with Crippen molar-refractivity contribution in [2.24, 2.45) is 5.92 Å². The van der Waals surface area contributed by atoms with Gasteiger partial charge in [0.15, 0.2) is 0 Å². The highest BCUT2D eigenvalue weighted by Gasteiger charge is 2.25. The molecule has 18 heavy (non-hydrogen) atoms. The summed E-state index contributed by atoms with van der Waals surface area (Å²) < 4.78 is 0. The van der Waals surface area contributed by atoms with E-state index in [0.717, 1.165) is 12.8 Å². The molecule has 0 unspecified atom stereocenters. The third-order valence-electron chi connectivity index (χ3n) is 2.96. The van der Waals surface area contributed by atoms with Gasteiger partial charge < -0.3 is 10.6 Å². The molecule has 0 aromatic heterocycles. The van der Waals surface area contributed by atoms with Crippen LogP contribution in [0.15, 0.2) is 12.2 Å². The van der Waals surface area contributed by atoms with E-state index in [1.54, 1.807) is 6.92 Å². The third kappa shape index (κ3) is 5.34. The molecule has 0 fully saturated rings. The number of amides is 2. The van der Waals surface area contributed by atoms with Crippen LogP contribution in [0.5, 0.6) is 0 Å². The summed E-state index contributed by atoms with van der Waals surface area (Å²) in [7, 11) is 0. The van der Waals surface area contributed by atoms with Gasteiger partial charge in [0.05, 0.1) is 0 Å². The van der Waals surface area contributed by atoms with Gasteiger partial charge in [-0.3, -0.25) is 9.59 Å². The summed E-state index contributed by atoms with van der Waals surface area (Å²) in [6, 6.07) is -0.338. The standard InChI is InChI=1S/C14H26N2O2/c1-7-11(8-2)15-14(18)12(9(3)4)16-13(17)10(5)6/h9,11-12H,5,7-8H2,1-4,6H3,(H,15,18)(H,16,17)/t12-/m0/s1. The quantitative estimate of drug-likeness (QED) is 0.683. The van der Waals surface area contributed by atoms with Gasteiger partial charge in [-0.15, -0.1) is 0 Å². The van der Waals surface area contributed by atoms with E-state index in [-0.39, 0.29) is 23.8 Å². The molecule has 0 saturated carbocycles. The summed E-state index contributed by atoms with van der Waals surface area (Å²) >= 11 is 0. The number of carbonyl (C=O) groups is 2. The van der Waals surface area contributed by atoms with Crippen molar-refractivity contribution in [1.29, 1.82) is 0 Å². The van der Waals surface area contributed by atoms with Crippen LogP contribution in [-0.2, 0) is 9.59 Å². The van der Waals surface area contributed by atoms with Crippen LogP contribution in [-0.4, -0.2) is 23.9 Å². The summed E-state index contributed by atoms with van der Waals surface area (Å²) in [5, 5.41) is 5.68. The second-order valence-corrected chi connectivity index (χ2v) is 5.00. The molecule has 0 aromatic rings. The Morgan fingerprint density at radius 1 is 1.11 bits per heavy atom. The molecular weight excluding hydrogens is 228 g/mol. The fourth-order valence-corrected chi connectivity index (χ4v) is 1.58. The fraction of sp³-hybridized carbons (Fsp3) is 0.714. The van der Waals surface area contributed by atoms with E-state index >= 15 is 0 Å². The van der Waals surface area contributed by atoms with Crippen molar-refractivity contribution in [3.05, 3.63) is 12.2 Å². The average Bonchev–Trinajstić information content (AvgIpc) is 2.31. The summed E-state index contributed by atoms with van der Waals surface area (Å²) in [6.07, 6.45) is 1.78. The Hall–Kier alpha value is -1.32. The Bertz CT molecular complexity index is 307. The predicted octanol–water partition coefficient (Wildman–Crippen LogP) is 2.01. The van der Waals surface area contributed by atoms with Gasteiger partial charge in [0.25, 0.3) is 0 Å². The van der Waals surface area contributed by atoms with Crippen LogP contribution in [0.4, 0.5) is 0 Å². The van der Waals surface area contributed by atoms with Gasteiger partial charge in [0, 0.05) is 11.6 Å². The zero-order valence-electron chi connectivity index (χ0n) is 12.2. The van der Waals surface area contributed by atoms with E-state index < -0.39 is 6.04 Å². The molecule has 1 atom stereocenters. The van der Waals surface area contributed by atoms with Crippen LogP contribution < -0.4 is 10.6 Å². The predicted molar refractivity (Wildman–Crippen MR) is 74.1 cm³/mol. The van der Waals surface area contributed by atoms with Crippen molar-refractivity contribution in [1.82, 2.24) is 10.6 Å². The minimum absolute atomic E-state index is 0.0441. The lowest BCUT2D eigenvalue weighted by molar-refractivity contribution is -0.129. The lowest BCUT2D eigenvalue weighted by Crippen LogP contribution is -2.52. The zero-order chi connectivity index (χ0) is 14.3. The maximum atomic E-state index is 12.1. The molecule has 0 rings (SSSR count). The Balaban J connectivity index is 4.64. The molecule has 0 aromatic carbocycles. The van der Waals surface area contributed by atoms with Crippen LogP contribution >= 0.6 is 0 Å². The van der Waals surface area contributed by atoms with Gasteiger partial charge in [0.1, 0.15) is 6.04 Å². The Labute approximate surface area is 110 Å². The molecule has 4 heteroatoms. The van der Waals surface area contributed by atoms with E-state index in [4.69, 9.17) is 0 Å². The van der Waals surface area contributed by atoms with E-state index in [2.05, 4.69) is 17.2 Å². The second kappa shape index (κ2) is 7.90. The molecule has 104 valence electrons. The van der Waals surface area contributed by atoms with Gasteiger partial charge in [-0.1, -0.05) is 34.3 Å². The monoisotopic (exact) mass is 254 g/mol. The lowest BCUT2D eigenvalue weighted by atomic mass is 10.0. The summed E-state index contributed by atoms with van der Waals surface area (Å²) in [5.41, 5.74) is 0.413. The first-order chi connectivity index (χ1) is 8.33. The number of hydrogen-bond acceptors (Lipinski definition) is 2. The summed E-state index contributed by atoms with van der Waals surface area (Å²) in [6.45, 7) is 13.1. The molecule has 2 amide bonds. The molecule has 0 bridgehead atoms. The second-order valence-electron chi connectivity index (χ2n) is 5.00. The van der Waals surface area contributed by atoms with Crippen LogP contribution in [0.2, 0.25) is 0 Å². The van der Waals surface area contributed by atoms with Crippen molar-refractivity contribution in [3.8, 4) is 0 Å². The Morgan fingerprint density at radius 3 is 1.94 bits per heavy atom. The van der Waals surface area contributed by atoms with Crippen molar-refractivity contribution in [2.75, 3.05) is 0 Å². The molecule has 0 aliphatic rings. The van der Waals surface area contributed by atoms with Crippen LogP contribution in [0.3, 0.4) is 0 Å². The molecule has 0 aliphatic heterocycles. The zero-order valence-corrected chi connectivity index (χ0v) is 12.2. The molecule has 0 aliphatic carbocycles. The van der Waals surface area contributed by atoms with E-state index in [1.165, 1.54) is 0 Å². The van der Waals surface area contributed by atoms with Gasteiger partial charge in [0.2, 0.25) is 11.8 Å². The highest BCUT2D eigenvalue weighted by atomic mass is 16.2. The van der Waals surface area contributed by atoms with E-state index in [0.29, 0.717) is 5.57 Å². The van der Waals surface area contributed by atoms with Crippen LogP contribution in [0, 0.1) is 5.92 Å². The molecular formula is C14H26N2O2. The van der Waals surface area contributed by atoms with Gasteiger partial charge in [-0.2, -0.15) is 0 Å². The highest BCUT2D eigenvalue weighted by Crippen LogP contribution is 2.05. The van der Waals surface area contributed by atoms with Crippen molar-refractivity contribution in [3.63, 3.8) is 0 Å². The van der Waals surface area contributed by atoms with Gasteiger partial charge >= 0.3 is 0 Å². The van der Waals surface area contributed by atoms with E-state index in [1.807, 2.05) is 27.7 Å². The normalized spacial score (nSPS) is 12.4. The topological polar surface area (TPSA) is 58.2 Å². The summed E-state index contributed by atoms with van der Waals surface area (Å²) in [5.74, 6) is -0.343. The molecule has 4 nitrogen and oxygen atoms in total. The Kier molecular flexibility index (Phi) is 7.32. The minimum Gasteiger partial charge on any atom is -0.352 e. The van der Waals surface area contributed by atoms with Gasteiger partial charge in [-0.25, -0.2) is 0 Å². The largest absolute Gasteiger partial charge is 0.352 e. The fourth-order valence-electron chi connectivity index (χ4n) is 1.58. The first kappa shape index (κ1) is 16.7. The van der Waals surface area contributed by atoms with Crippen molar-refractivity contribution >= 4 is 11.8 Å². The molecule has 0 saturated heterocycles. The minimum atomic E-state index is -0.505. The maximum absolute atomic E-state index is 12.1. The smallest absolute Gasteiger partial charge is 0.246 e. The summed E-state index contributed by atoms with van der Waals surface area (Å²) in [4.78, 5) is 23.7.